The molecule has 0 aliphatic rings. The molecule has 0 radical (unpaired) electrons. The highest BCUT2D eigenvalue weighted by atomic mass is 32.1. The second-order valence-corrected chi connectivity index (χ2v) is 4.57. The van der Waals surface area contributed by atoms with Gasteiger partial charge in [0.15, 0.2) is 5.82 Å². The van der Waals surface area contributed by atoms with Crippen molar-refractivity contribution in [2.75, 3.05) is 11.9 Å². The minimum atomic E-state index is -0.222. The first-order chi connectivity index (χ1) is 8.20. The van der Waals surface area contributed by atoms with Gasteiger partial charge in [-0.1, -0.05) is 19.1 Å². The first-order valence-electron chi connectivity index (χ1n) is 5.55. The van der Waals surface area contributed by atoms with Crippen molar-refractivity contribution >= 4 is 16.7 Å². The van der Waals surface area contributed by atoms with E-state index in [4.69, 9.17) is 0 Å². The van der Waals surface area contributed by atoms with E-state index in [2.05, 4.69) is 21.6 Å². The van der Waals surface area contributed by atoms with Crippen molar-refractivity contribution in [1.82, 2.24) is 9.36 Å². The standard InChI is InChI=1S/C12H14FN3S/c1-3-6-14-12-15-11(16-17-12)9-5-4-8(2)10(13)7-9/h4-5,7H,3,6H2,1-2H3,(H,14,15,16). The third-order valence-electron chi connectivity index (χ3n) is 2.38. The summed E-state index contributed by atoms with van der Waals surface area (Å²) in [4.78, 5) is 4.32. The first kappa shape index (κ1) is 12.0. The Morgan fingerprint density at radius 1 is 1.41 bits per heavy atom. The molecule has 1 heterocycles. The van der Waals surface area contributed by atoms with Crippen molar-refractivity contribution in [2.24, 2.45) is 0 Å². The summed E-state index contributed by atoms with van der Waals surface area (Å²) >= 11 is 1.30. The largest absolute Gasteiger partial charge is 0.360 e. The van der Waals surface area contributed by atoms with Crippen molar-refractivity contribution in [3.05, 3.63) is 29.6 Å². The van der Waals surface area contributed by atoms with Crippen LogP contribution in [0.2, 0.25) is 0 Å². The van der Waals surface area contributed by atoms with Gasteiger partial charge in [-0.25, -0.2) is 4.39 Å². The van der Waals surface area contributed by atoms with Gasteiger partial charge in [-0.3, -0.25) is 0 Å². The van der Waals surface area contributed by atoms with Crippen LogP contribution in [0.5, 0.6) is 0 Å². The zero-order chi connectivity index (χ0) is 12.3. The van der Waals surface area contributed by atoms with Gasteiger partial charge >= 0.3 is 0 Å². The quantitative estimate of drug-likeness (QED) is 0.904. The molecule has 1 aromatic heterocycles. The lowest BCUT2D eigenvalue weighted by molar-refractivity contribution is 0.619. The number of aromatic nitrogens is 2. The molecule has 0 saturated carbocycles. The van der Waals surface area contributed by atoms with Crippen LogP contribution >= 0.6 is 11.5 Å². The van der Waals surface area contributed by atoms with E-state index >= 15 is 0 Å². The molecule has 0 aliphatic heterocycles. The molecule has 1 aromatic carbocycles. The fourth-order valence-electron chi connectivity index (χ4n) is 1.38. The molecular weight excluding hydrogens is 237 g/mol. The highest BCUT2D eigenvalue weighted by molar-refractivity contribution is 7.09. The Labute approximate surface area is 104 Å². The molecule has 0 atom stereocenters. The van der Waals surface area contributed by atoms with Crippen molar-refractivity contribution in [3.8, 4) is 11.4 Å². The van der Waals surface area contributed by atoms with Crippen LogP contribution in [0.3, 0.4) is 0 Å². The number of hydrogen-bond donors (Lipinski definition) is 1. The lowest BCUT2D eigenvalue weighted by Crippen LogP contribution is -1.98. The van der Waals surface area contributed by atoms with Crippen LogP contribution in [-0.4, -0.2) is 15.9 Å². The van der Waals surface area contributed by atoms with E-state index in [1.165, 1.54) is 17.6 Å². The Kier molecular flexibility index (Phi) is 3.68. The summed E-state index contributed by atoms with van der Waals surface area (Å²) in [5.41, 5.74) is 1.35. The zero-order valence-corrected chi connectivity index (χ0v) is 10.6. The van der Waals surface area contributed by atoms with Crippen LogP contribution in [0.4, 0.5) is 9.52 Å². The molecule has 0 bridgehead atoms. The smallest absolute Gasteiger partial charge is 0.202 e. The Morgan fingerprint density at radius 2 is 2.24 bits per heavy atom. The Balaban J connectivity index is 2.21. The van der Waals surface area contributed by atoms with Gasteiger partial charge in [-0.2, -0.15) is 9.36 Å². The van der Waals surface area contributed by atoms with Crippen LogP contribution in [0.1, 0.15) is 18.9 Å². The summed E-state index contributed by atoms with van der Waals surface area (Å²) in [6.45, 7) is 4.70. The molecule has 17 heavy (non-hydrogen) atoms. The van der Waals surface area contributed by atoms with Gasteiger partial charge in [0.1, 0.15) is 5.82 Å². The Hall–Kier alpha value is -1.49. The summed E-state index contributed by atoms with van der Waals surface area (Å²) in [7, 11) is 0. The Bertz CT molecular complexity index is 510. The van der Waals surface area contributed by atoms with Gasteiger partial charge in [0.2, 0.25) is 5.13 Å². The summed E-state index contributed by atoms with van der Waals surface area (Å²) in [5.74, 6) is 0.355. The molecule has 0 amide bonds. The minimum absolute atomic E-state index is 0.222. The second-order valence-electron chi connectivity index (χ2n) is 3.81. The van der Waals surface area contributed by atoms with Crippen LogP contribution in [0, 0.1) is 12.7 Å². The van der Waals surface area contributed by atoms with E-state index in [1.54, 1.807) is 13.0 Å². The number of benzene rings is 1. The van der Waals surface area contributed by atoms with E-state index in [-0.39, 0.29) is 5.82 Å². The van der Waals surface area contributed by atoms with Gasteiger partial charge in [-0.05, 0) is 25.0 Å². The van der Waals surface area contributed by atoms with Crippen molar-refractivity contribution < 1.29 is 4.39 Å². The van der Waals surface area contributed by atoms with Gasteiger partial charge in [0.05, 0.1) is 0 Å². The predicted molar refractivity (Wildman–Crippen MR) is 68.8 cm³/mol. The highest BCUT2D eigenvalue weighted by Gasteiger charge is 2.08. The highest BCUT2D eigenvalue weighted by Crippen LogP contribution is 2.22. The SMILES string of the molecule is CCCNc1nc(-c2ccc(C)c(F)c2)ns1. The molecule has 1 N–H and O–H groups in total. The van der Waals surface area contributed by atoms with E-state index in [0.717, 1.165) is 18.1 Å². The Morgan fingerprint density at radius 3 is 2.94 bits per heavy atom. The number of aryl methyl sites for hydroxylation is 1. The molecule has 5 heteroatoms. The average molecular weight is 251 g/mol. The molecule has 0 unspecified atom stereocenters. The van der Waals surface area contributed by atoms with Gasteiger partial charge in [-0.15, -0.1) is 0 Å². The molecule has 3 nitrogen and oxygen atoms in total. The van der Waals surface area contributed by atoms with Crippen LogP contribution < -0.4 is 5.32 Å². The van der Waals surface area contributed by atoms with Crippen molar-refractivity contribution in [2.45, 2.75) is 20.3 Å². The van der Waals surface area contributed by atoms with Crippen molar-refractivity contribution in [1.29, 1.82) is 0 Å². The third-order valence-corrected chi connectivity index (χ3v) is 3.06. The fraction of sp³-hybridized carbons (Fsp3) is 0.333. The number of halogens is 1. The lowest BCUT2D eigenvalue weighted by atomic mass is 10.1. The number of anilines is 1. The van der Waals surface area contributed by atoms with E-state index < -0.39 is 0 Å². The van der Waals surface area contributed by atoms with Crippen molar-refractivity contribution in [3.63, 3.8) is 0 Å². The van der Waals surface area contributed by atoms with Gasteiger partial charge in [0, 0.05) is 23.6 Å². The molecular formula is C12H14FN3S. The normalized spacial score (nSPS) is 10.5. The molecule has 0 aliphatic carbocycles. The number of rotatable bonds is 4. The summed E-state index contributed by atoms with van der Waals surface area (Å²) < 4.78 is 17.6. The molecule has 2 aromatic rings. The predicted octanol–water partition coefficient (Wildman–Crippen LogP) is 3.47. The number of hydrogen-bond acceptors (Lipinski definition) is 4. The molecule has 90 valence electrons. The number of nitrogens with zero attached hydrogens (tertiary/aromatic N) is 2. The molecule has 0 fully saturated rings. The maximum Gasteiger partial charge on any atom is 0.202 e. The van der Waals surface area contributed by atoms with E-state index in [9.17, 15) is 4.39 Å². The summed E-state index contributed by atoms with van der Waals surface area (Å²) in [6.07, 6.45) is 1.04. The van der Waals surface area contributed by atoms with Gasteiger partial charge < -0.3 is 5.32 Å². The summed E-state index contributed by atoms with van der Waals surface area (Å²) in [5, 5.41) is 3.94. The fourth-order valence-corrected chi connectivity index (χ4v) is 1.99. The zero-order valence-electron chi connectivity index (χ0n) is 9.83. The minimum Gasteiger partial charge on any atom is -0.360 e. The molecule has 0 spiro atoms. The van der Waals surface area contributed by atoms with Crippen LogP contribution in [-0.2, 0) is 0 Å². The maximum absolute atomic E-state index is 13.4. The lowest BCUT2D eigenvalue weighted by Gasteiger charge is -1.99. The first-order valence-corrected chi connectivity index (χ1v) is 6.32. The summed E-state index contributed by atoms with van der Waals surface area (Å²) in [6, 6.07) is 5.05. The second kappa shape index (κ2) is 5.23. The van der Waals surface area contributed by atoms with Crippen LogP contribution in [0.25, 0.3) is 11.4 Å². The van der Waals surface area contributed by atoms with E-state index in [0.29, 0.717) is 17.0 Å². The van der Waals surface area contributed by atoms with Crippen LogP contribution in [0.15, 0.2) is 18.2 Å². The third kappa shape index (κ3) is 2.79. The molecule has 2 rings (SSSR count). The maximum atomic E-state index is 13.4. The monoisotopic (exact) mass is 251 g/mol. The average Bonchev–Trinajstić information content (AvgIpc) is 2.79. The molecule has 0 saturated heterocycles. The van der Waals surface area contributed by atoms with E-state index in [1.807, 2.05) is 6.07 Å². The topological polar surface area (TPSA) is 37.8 Å². The van der Waals surface area contributed by atoms with Gasteiger partial charge in [0.25, 0.3) is 0 Å². The number of nitrogens with one attached hydrogen (secondary N) is 1.